The molecule has 54 heavy (non-hydrogen) atoms. The first-order valence-corrected chi connectivity index (χ1v) is 18.9. The number of carboxylic acid groups (broad SMARTS) is 1. The molecule has 1 fully saturated rings. The molecule has 8 amide bonds. The molecule has 304 valence electrons. The first kappa shape index (κ1) is 47.3. The summed E-state index contributed by atoms with van der Waals surface area (Å²) in [6, 6.07) is -5.54. The molecule has 8 N–H and O–H groups in total. The number of carboxylic acids is 1. The van der Waals surface area contributed by atoms with E-state index in [-0.39, 0.29) is 35.9 Å². The molecule has 0 saturated carbocycles. The molecule has 0 spiro atoms. The second kappa shape index (κ2) is 21.9. The lowest BCUT2D eigenvalue weighted by atomic mass is 9.96. The largest absolute Gasteiger partial charge is 0.480 e. The maximum absolute atomic E-state index is 13.8. The van der Waals surface area contributed by atoms with Crippen LogP contribution in [0.2, 0.25) is 0 Å². The second-order valence-electron chi connectivity index (χ2n) is 14.5. The van der Waals surface area contributed by atoms with Gasteiger partial charge in [-0.3, -0.25) is 43.2 Å². The highest BCUT2D eigenvalue weighted by atomic mass is 32.2. The van der Waals surface area contributed by atoms with Crippen molar-refractivity contribution in [2.75, 3.05) is 25.4 Å². The summed E-state index contributed by atoms with van der Waals surface area (Å²) in [7, 11) is 0. The van der Waals surface area contributed by atoms with Gasteiger partial charge in [0.1, 0.15) is 30.2 Å². The lowest BCUT2D eigenvalue weighted by molar-refractivity contribution is -0.142. The van der Waals surface area contributed by atoms with Crippen molar-refractivity contribution in [1.82, 2.24) is 42.1 Å². The number of hydrogen-bond donors (Lipinski definition) is 8. The fourth-order valence-corrected chi connectivity index (χ4v) is 5.96. The monoisotopic (exact) mass is 782 g/mol. The normalized spacial score (nSPS) is 16.8. The van der Waals surface area contributed by atoms with Gasteiger partial charge in [-0.1, -0.05) is 61.5 Å². The SMILES string of the molecule is C=C(NC(=O)[C@@H]1CCCN1C(=O)[C@H](CSC(C)(C)C)NC(=O)CNC(=O)CNC(C)=O)C(=O)N[C@H](C(=O)N[C@H](C(=O)N[C@@H](C)C(=O)O)[C@@H](C)CC)C(C)C. The lowest BCUT2D eigenvalue weighted by Crippen LogP contribution is -2.59. The van der Waals surface area contributed by atoms with E-state index in [2.05, 4.69) is 43.8 Å². The molecule has 18 nitrogen and oxygen atoms in total. The number of aliphatic carboxylic acids is 1. The molecule has 0 aromatic rings. The third kappa shape index (κ3) is 16.1. The predicted octanol–water partition coefficient (Wildman–Crippen LogP) is -0.863. The summed E-state index contributed by atoms with van der Waals surface area (Å²) in [5.74, 6) is -7.15. The molecule has 0 bridgehead atoms. The number of likely N-dealkylation sites (tertiary alicyclic amines) is 1. The van der Waals surface area contributed by atoms with Crippen LogP contribution in [0, 0.1) is 11.8 Å². The van der Waals surface area contributed by atoms with E-state index >= 15 is 0 Å². The number of rotatable bonds is 20. The van der Waals surface area contributed by atoms with Crippen LogP contribution in [0.25, 0.3) is 0 Å². The summed E-state index contributed by atoms with van der Waals surface area (Å²) < 4.78 is -0.284. The van der Waals surface area contributed by atoms with Gasteiger partial charge in [0, 0.05) is 24.0 Å². The zero-order chi connectivity index (χ0) is 41.5. The Balaban J connectivity index is 3.03. The van der Waals surface area contributed by atoms with Crippen LogP contribution in [-0.2, 0) is 43.2 Å². The number of carbonyl (C=O) groups excluding carboxylic acids is 8. The Morgan fingerprint density at radius 2 is 1.44 bits per heavy atom. The summed E-state index contributed by atoms with van der Waals surface area (Å²) in [6.45, 7) is 18.2. The van der Waals surface area contributed by atoms with E-state index < -0.39 is 102 Å². The number of hydrogen-bond acceptors (Lipinski definition) is 10. The highest BCUT2D eigenvalue weighted by Gasteiger charge is 2.39. The molecule has 0 unspecified atom stereocenters. The fourth-order valence-electron chi connectivity index (χ4n) is 5.06. The van der Waals surface area contributed by atoms with Gasteiger partial charge in [0.15, 0.2) is 0 Å². The van der Waals surface area contributed by atoms with Crippen LogP contribution in [0.1, 0.15) is 81.6 Å². The molecule has 1 aliphatic heterocycles. The maximum atomic E-state index is 13.8. The van der Waals surface area contributed by atoms with Crippen molar-refractivity contribution in [1.29, 1.82) is 0 Å². The van der Waals surface area contributed by atoms with E-state index in [0.717, 1.165) is 0 Å². The van der Waals surface area contributed by atoms with Crippen LogP contribution in [-0.4, -0.2) is 124 Å². The average Bonchev–Trinajstić information content (AvgIpc) is 3.58. The zero-order valence-corrected chi connectivity index (χ0v) is 33.5. The van der Waals surface area contributed by atoms with E-state index in [0.29, 0.717) is 12.8 Å². The number of nitrogens with one attached hydrogen (secondary N) is 7. The maximum Gasteiger partial charge on any atom is 0.325 e. The van der Waals surface area contributed by atoms with E-state index in [1.54, 1.807) is 27.7 Å². The Bertz CT molecular complexity index is 1430. The van der Waals surface area contributed by atoms with Crippen molar-refractivity contribution in [2.24, 2.45) is 11.8 Å². The first-order valence-electron chi connectivity index (χ1n) is 17.9. The van der Waals surface area contributed by atoms with Gasteiger partial charge in [-0.05, 0) is 31.6 Å². The van der Waals surface area contributed by atoms with Crippen LogP contribution in [0.3, 0.4) is 0 Å². The quantitative estimate of drug-likeness (QED) is 0.0705. The van der Waals surface area contributed by atoms with E-state index in [1.807, 2.05) is 20.8 Å². The van der Waals surface area contributed by atoms with Crippen molar-refractivity contribution in [3.63, 3.8) is 0 Å². The summed E-state index contributed by atoms with van der Waals surface area (Å²) in [5, 5.41) is 26.5. The van der Waals surface area contributed by atoms with Crippen molar-refractivity contribution >= 4 is 65.0 Å². The Labute approximate surface area is 320 Å². The Hall–Kier alpha value is -4.68. The summed E-state index contributed by atoms with van der Waals surface area (Å²) in [5.41, 5.74) is -0.396. The first-order chi connectivity index (χ1) is 25.0. The molecule has 0 aliphatic carbocycles. The summed E-state index contributed by atoms with van der Waals surface area (Å²) >= 11 is 1.41. The van der Waals surface area contributed by atoms with Crippen molar-refractivity contribution in [3.8, 4) is 0 Å². The number of carbonyl (C=O) groups is 9. The zero-order valence-electron chi connectivity index (χ0n) is 32.7. The highest BCUT2D eigenvalue weighted by molar-refractivity contribution is 8.00. The minimum Gasteiger partial charge on any atom is -0.480 e. The Kier molecular flexibility index (Phi) is 19.2. The molecule has 1 rings (SSSR count). The molecule has 6 atom stereocenters. The smallest absolute Gasteiger partial charge is 0.325 e. The second-order valence-corrected chi connectivity index (χ2v) is 16.4. The Morgan fingerprint density at radius 3 is 1.98 bits per heavy atom. The average molecular weight is 783 g/mol. The molecule has 19 heteroatoms. The van der Waals surface area contributed by atoms with Gasteiger partial charge in [0.2, 0.25) is 41.4 Å². The number of amides is 8. The van der Waals surface area contributed by atoms with Crippen molar-refractivity contribution < 1.29 is 48.3 Å². The minimum absolute atomic E-state index is 0.157. The van der Waals surface area contributed by atoms with Crippen LogP contribution in [0.5, 0.6) is 0 Å². The third-order valence-electron chi connectivity index (χ3n) is 8.41. The van der Waals surface area contributed by atoms with Crippen LogP contribution in [0.4, 0.5) is 0 Å². The van der Waals surface area contributed by atoms with Crippen LogP contribution >= 0.6 is 11.8 Å². The summed E-state index contributed by atoms with van der Waals surface area (Å²) in [4.78, 5) is 115. The van der Waals surface area contributed by atoms with Crippen molar-refractivity contribution in [3.05, 3.63) is 12.3 Å². The molecule has 0 radical (unpaired) electrons. The van der Waals surface area contributed by atoms with Crippen LogP contribution < -0.4 is 37.2 Å². The van der Waals surface area contributed by atoms with Gasteiger partial charge in [-0.25, -0.2) is 0 Å². The number of nitrogens with zero attached hydrogens (tertiary/aromatic N) is 1. The summed E-state index contributed by atoms with van der Waals surface area (Å²) in [6.07, 6.45) is 1.19. The molecule has 0 aromatic heterocycles. The molecule has 1 saturated heterocycles. The molecular formula is C35H58N8O10S. The topological polar surface area (TPSA) is 261 Å². The molecule has 0 aromatic carbocycles. The standard InChI is InChI=1S/C35H58N8O10S/c1-11-19(4)28(32(50)39-21(6)34(52)53)42-31(49)27(18(2)3)41-29(47)20(5)38-30(48)24-13-12-14-43(24)33(51)23(17-54-35(8,9)10)40-26(46)16-37-25(45)15-36-22(7)44/h18-19,21,23-24,27-28H,5,11-17H2,1-4,6-10H3,(H,36,44)(H,37,45)(H,38,48)(H,39,50)(H,40,46)(H,41,47)(H,42,49)(H,52,53)/t19-,21-,23-,24-,27-,28-/m0/s1. The molecule has 1 aliphatic rings. The van der Waals surface area contributed by atoms with Gasteiger partial charge < -0.3 is 47.2 Å². The Morgan fingerprint density at radius 1 is 0.852 bits per heavy atom. The van der Waals surface area contributed by atoms with Gasteiger partial charge in [-0.2, -0.15) is 11.8 Å². The van der Waals surface area contributed by atoms with Crippen molar-refractivity contribution in [2.45, 2.75) is 117 Å². The van der Waals surface area contributed by atoms with E-state index in [1.165, 1.54) is 30.5 Å². The van der Waals surface area contributed by atoms with Gasteiger partial charge >= 0.3 is 5.97 Å². The molecule has 1 heterocycles. The molecular weight excluding hydrogens is 724 g/mol. The van der Waals surface area contributed by atoms with Crippen LogP contribution in [0.15, 0.2) is 12.3 Å². The third-order valence-corrected chi connectivity index (χ3v) is 9.77. The van der Waals surface area contributed by atoms with Gasteiger partial charge in [0.25, 0.3) is 5.91 Å². The van der Waals surface area contributed by atoms with Gasteiger partial charge in [-0.15, -0.1) is 0 Å². The lowest BCUT2D eigenvalue weighted by Gasteiger charge is -2.30. The van der Waals surface area contributed by atoms with E-state index in [9.17, 15) is 48.3 Å². The predicted molar refractivity (Wildman–Crippen MR) is 201 cm³/mol. The minimum atomic E-state index is -1.25. The highest BCUT2D eigenvalue weighted by Crippen LogP contribution is 2.26. The van der Waals surface area contributed by atoms with Gasteiger partial charge in [0.05, 0.1) is 18.8 Å². The number of thioether (sulfide) groups is 1. The fraction of sp³-hybridized carbons (Fsp3) is 0.686. The van der Waals surface area contributed by atoms with E-state index in [4.69, 9.17) is 0 Å².